The van der Waals surface area contributed by atoms with Crippen LogP contribution in [0.2, 0.25) is 5.02 Å². The SMILES string of the molecule is NC1[C@H]2CC[C@H]1CN(C(=O)[C@H](c1c(S(N)(=O)=O)ccc3cc(OC4CCCC4)ccc13)C(F)(F)c1ccc(Cl)cc1)C2. The van der Waals surface area contributed by atoms with Gasteiger partial charge < -0.3 is 15.4 Å². The number of primary sulfonamides is 1. The average Bonchev–Trinajstić information content (AvgIpc) is 3.50. The number of piperidine rings is 1. The van der Waals surface area contributed by atoms with Gasteiger partial charge in [-0.1, -0.05) is 35.9 Å². The van der Waals surface area contributed by atoms with Gasteiger partial charge >= 0.3 is 0 Å². The number of carbonyl (C=O) groups excluding carboxylic acids is 1. The summed E-state index contributed by atoms with van der Waals surface area (Å²) in [6.45, 7) is 0.469. The van der Waals surface area contributed by atoms with Crippen molar-refractivity contribution in [3.05, 3.63) is 70.7 Å². The van der Waals surface area contributed by atoms with E-state index in [0.717, 1.165) is 50.7 Å². The molecule has 0 spiro atoms. The lowest BCUT2D eigenvalue weighted by molar-refractivity contribution is -0.146. The topological polar surface area (TPSA) is 116 Å². The first-order valence-electron chi connectivity index (χ1n) is 14.4. The fourth-order valence-electron chi connectivity index (χ4n) is 7.06. The number of nitrogens with two attached hydrogens (primary N) is 2. The number of halogens is 3. The standard InChI is InChI=1S/C31H34ClF2N3O4S/c32-22-10-8-21(9-11-22)31(33,34)28(30(38)37-16-19-5-6-20(17-37)29(19)35)27-25-13-12-24(41-23-3-1-2-4-23)15-18(25)7-14-26(27)42(36,39)40/h7-15,19-20,23,28-29H,1-6,16-17,35H2,(H2,36,39,40)/t19-,20-,28-/m0/s1. The van der Waals surface area contributed by atoms with Crippen LogP contribution in [0.3, 0.4) is 0 Å². The molecule has 0 radical (unpaired) electrons. The summed E-state index contributed by atoms with van der Waals surface area (Å²) >= 11 is 5.99. The van der Waals surface area contributed by atoms with Gasteiger partial charge in [-0.3, -0.25) is 4.79 Å². The monoisotopic (exact) mass is 617 g/mol. The van der Waals surface area contributed by atoms with Crippen LogP contribution in [-0.4, -0.2) is 44.5 Å². The van der Waals surface area contributed by atoms with E-state index in [1.807, 2.05) is 0 Å². The van der Waals surface area contributed by atoms with Crippen molar-refractivity contribution in [2.24, 2.45) is 22.7 Å². The number of likely N-dealkylation sites (tertiary alicyclic amines) is 1. The normalized spacial score (nSPS) is 23.8. The molecule has 2 saturated carbocycles. The Balaban J connectivity index is 1.53. The van der Waals surface area contributed by atoms with Crippen molar-refractivity contribution in [2.75, 3.05) is 13.1 Å². The molecule has 3 aliphatic rings. The third-order valence-corrected chi connectivity index (χ3v) is 10.5. The van der Waals surface area contributed by atoms with Crippen molar-refractivity contribution < 1.29 is 26.7 Å². The highest BCUT2D eigenvalue weighted by molar-refractivity contribution is 7.89. The minimum atomic E-state index is -4.51. The van der Waals surface area contributed by atoms with E-state index in [2.05, 4.69) is 0 Å². The van der Waals surface area contributed by atoms with Crippen molar-refractivity contribution in [1.82, 2.24) is 4.90 Å². The van der Waals surface area contributed by atoms with Crippen molar-refractivity contribution in [3.8, 4) is 5.75 Å². The average molecular weight is 618 g/mol. The molecule has 7 nitrogen and oxygen atoms in total. The molecule has 11 heteroatoms. The van der Waals surface area contributed by atoms with Gasteiger partial charge in [-0.15, -0.1) is 0 Å². The lowest BCUT2D eigenvalue weighted by Gasteiger charge is -2.40. The van der Waals surface area contributed by atoms with Crippen LogP contribution >= 0.6 is 11.6 Å². The Bertz CT molecular complexity index is 1600. The van der Waals surface area contributed by atoms with Crippen LogP contribution < -0.4 is 15.6 Å². The third kappa shape index (κ3) is 5.38. The molecule has 1 amide bonds. The predicted octanol–water partition coefficient (Wildman–Crippen LogP) is 5.53. The van der Waals surface area contributed by atoms with Crippen molar-refractivity contribution in [1.29, 1.82) is 0 Å². The van der Waals surface area contributed by atoms with Gasteiger partial charge in [0.05, 0.1) is 11.0 Å². The quantitative estimate of drug-likeness (QED) is 0.362. The summed E-state index contributed by atoms with van der Waals surface area (Å²) < 4.78 is 65.5. The fourth-order valence-corrected chi connectivity index (χ4v) is 7.97. The summed E-state index contributed by atoms with van der Waals surface area (Å²) in [5.41, 5.74) is 5.56. The van der Waals surface area contributed by atoms with E-state index in [4.69, 9.17) is 27.2 Å². The molecule has 1 saturated heterocycles. The number of sulfonamides is 1. The molecular formula is C31H34ClF2N3O4S. The minimum absolute atomic E-state index is 0.00183. The van der Waals surface area contributed by atoms with Crippen LogP contribution in [-0.2, 0) is 20.7 Å². The summed E-state index contributed by atoms with van der Waals surface area (Å²) in [4.78, 5) is 15.3. The number of ether oxygens (including phenoxy) is 1. The van der Waals surface area contributed by atoms with E-state index in [0.29, 0.717) is 11.1 Å². The first-order chi connectivity index (χ1) is 19.9. The molecule has 3 atom stereocenters. The highest BCUT2D eigenvalue weighted by Gasteiger charge is 2.52. The van der Waals surface area contributed by atoms with Crippen LogP contribution in [0.1, 0.15) is 55.6 Å². The molecule has 6 rings (SSSR count). The molecule has 1 heterocycles. The Kier molecular flexibility index (Phi) is 7.70. The number of benzene rings is 3. The predicted molar refractivity (Wildman–Crippen MR) is 157 cm³/mol. The summed E-state index contributed by atoms with van der Waals surface area (Å²) in [5, 5.41) is 6.54. The molecule has 2 aliphatic carbocycles. The first-order valence-corrected chi connectivity index (χ1v) is 16.3. The Morgan fingerprint density at radius 2 is 1.62 bits per heavy atom. The lowest BCUT2D eigenvalue weighted by atomic mass is 9.83. The number of hydrogen-bond acceptors (Lipinski definition) is 5. The molecule has 4 N–H and O–H groups in total. The van der Waals surface area contributed by atoms with Crippen LogP contribution in [0.5, 0.6) is 5.75 Å². The number of amides is 1. The van der Waals surface area contributed by atoms with Crippen molar-refractivity contribution in [2.45, 2.75) is 67.4 Å². The maximum absolute atomic E-state index is 16.8. The van der Waals surface area contributed by atoms with Crippen LogP contribution in [0, 0.1) is 11.8 Å². The van der Waals surface area contributed by atoms with Gasteiger partial charge in [0, 0.05) is 29.7 Å². The minimum Gasteiger partial charge on any atom is -0.490 e. The summed E-state index contributed by atoms with van der Waals surface area (Å²) in [6.07, 6.45) is 5.70. The highest BCUT2D eigenvalue weighted by atomic mass is 35.5. The molecule has 0 aromatic heterocycles. The van der Waals surface area contributed by atoms with Crippen molar-refractivity contribution in [3.63, 3.8) is 0 Å². The molecule has 0 unspecified atom stereocenters. The second-order valence-electron chi connectivity index (χ2n) is 11.9. The van der Waals surface area contributed by atoms with Crippen LogP contribution in [0.25, 0.3) is 10.8 Å². The number of fused-ring (bicyclic) bond motifs is 3. The van der Waals surface area contributed by atoms with E-state index in [9.17, 15) is 13.2 Å². The second kappa shape index (κ2) is 11.0. The molecular weight excluding hydrogens is 584 g/mol. The van der Waals surface area contributed by atoms with Gasteiger partial charge in [0.1, 0.15) is 11.7 Å². The van der Waals surface area contributed by atoms with Crippen molar-refractivity contribution >= 4 is 38.3 Å². The zero-order valence-corrected chi connectivity index (χ0v) is 24.6. The molecule has 1 aliphatic heterocycles. The molecule has 3 aromatic rings. The highest BCUT2D eigenvalue weighted by Crippen LogP contribution is 2.49. The van der Waals surface area contributed by atoms with E-state index >= 15 is 8.78 Å². The number of rotatable bonds is 7. The van der Waals surface area contributed by atoms with E-state index in [-0.39, 0.29) is 53.0 Å². The van der Waals surface area contributed by atoms with E-state index in [1.165, 1.54) is 29.2 Å². The maximum atomic E-state index is 16.8. The summed E-state index contributed by atoms with van der Waals surface area (Å²) in [5.74, 6) is -6.30. The smallest absolute Gasteiger partial charge is 0.288 e. The Morgan fingerprint density at radius 1 is 0.976 bits per heavy atom. The second-order valence-corrected chi connectivity index (χ2v) is 13.9. The van der Waals surface area contributed by atoms with Gasteiger partial charge in [0.25, 0.3) is 5.92 Å². The molecule has 224 valence electrons. The number of alkyl halides is 2. The molecule has 3 aromatic carbocycles. The summed E-state index contributed by atoms with van der Waals surface area (Å²) in [7, 11) is -4.51. The van der Waals surface area contributed by atoms with Gasteiger partial charge in [0.15, 0.2) is 0 Å². The van der Waals surface area contributed by atoms with Crippen LogP contribution in [0.15, 0.2) is 59.5 Å². The molecule has 2 bridgehead atoms. The zero-order chi connectivity index (χ0) is 29.8. The van der Waals surface area contributed by atoms with E-state index in [1.54, 1.807) is 18.2 Å². The molecule has 3 fully saturated rings. The number of carbonyl (C=O) groups is 1. The largest absolute Gasteiger partial charge is 0.490 e. The van der Waals surface area contributed by atoms with Gasteiger partial charge in [-0.2, -0.15) is 0 Å². The Morgan fingerprint density at radius 3 is 2.24 bits per heavy atom. The Labute approximate surface area is 249 Å². The third-order valence-electron chi connectivity index (χ3n) is 9.25. The zero-order valence-electron chi connectivity index (χ0n) is 23.0. The number of nitrogens with zero attached hydrogens (tertiary/aromatic N) is 1. The van der Waals surface area contributed by atoms with Gasteiger partial charge in [-0.25, -0.2) is 22.3 Å². The van der Waals surface area contributed by atoms with Gasteiger partial charge in [0.2, 0.25) is 15.9 Å². The maximum Gasteiger partial charge on any atom is 0.288 e. The molecule has 42 heavy (non-hydrogen) atoms. The van der Waals surface area contributed by atoms with Crippen LogP contribution in [0.4, 0.5) is 8.78 Å². The first kappa shape index (κ1) is 29.3. The Hall–Kier alpha value is -2.79. The van der Waals surface area contributed by atoms with Gasteiger partial charge in [-0.05, 0) is 97.0 Å². The van der Waals surface area contributed by atoms with E-state index < -0.39 is 38.2 Å². The number of hydrogen-bond donors (Lipinski definition) is 2. The fraction of sp³-hybridized carbons (Fsp3) is 0.452. The lowest BCUT2D eigenvalue weighted by Crippen LogP contribution is -2.53. The summed E-state index contributed by atoms with van der Waals surface area (Å²) in [6, 6.07) is 12.5.